The summed E-state index contributed by atoms with van der Waals surface area (Å²) in [6, 6.07) is 9.96. The summed E-state index contributed by atoms with van der Waals surface area (Å²) in [5.74, 6) is 1.54. The number of hydrazone groups is 1. The molecule has 3 heterocycles. The first-order chi connectivity index (χ1) is 13.7. The zero-order valence-electron chi connectivity index (χ0n) is 16.6. The summed E-state index contributed by atoms with van der Waals surface area (Å²) in [6.45, 7) is 6.14. The minimum Gasteiger partial charge on any atom is -0.494 e. The fourth-order valence-electron chi connectivity index (χ4n) is 3.71. The van der Waals surface area contributed by atoms with E-state index in [9.17, 15) is 0 Å². The van der Waals surface area contributed by atoms with Crippen molar-refractivity contribution < 1.29 is 9.47 Å². The van der Waals surface area contributed by atoms with Crippen LogP contribution in [-0.4, -0.2) is 41.0 Å². The van der Waals surface area contributed by atoms with E-state index in [2.05, 4.69) is 40.0 Å². The van der Waals surface area contributed by atoms with Crippen molar-refractivity contribution in [1.82, 2.24) is 9.99 Å². The van der Waals surface area contributed by atoms with Gasteiger partial charge in [-0.15, -0.1) is 0 Å². The molecule has 0 aliphatic carbocycles. The number of thioether (sulfide) groups is 1. The molecule has 1 N–H and O–H groups in total. The molecule has 1 saturated heterocycles. The maximum absolute atomic E-state index is 5.82. The molecule has 28 heavy (non-hydrogen) atoms. The monoisotopic (exact) mass is 398 g/mol. The van der Waals surface area contributed by atoms with Gasteiger partial charge in [-0.05, 0) is 44.9 Å². The third kappa shape index (κ3) is 3.95. The van der Waals surface area contributed by atoms with Crippen LogP contribution < -0.4 is 10.2 Å². The van der Waals surface area contributed by atoms with Gasteiger partial charge in [0.15, 0.2) is 5.17 Å². The first-order valence-electron chi connectivity index (χ1n) is 9.61. The van der Waals surface area contributed by atoms with Crippen molar-refractivity contribution in [3.8, 4) is 5.75 Å². The Kier molecular flexibility index (Phi) is 5.73. The van der Waals surface area contributed by atoms with Crippen molar-refractivity contribution in [2.24, 2.45) is 10.1 Å². The van der Waals surface area contributed by atoms with Gasteiger partial charge < -0.3 is 14.0 Å². The highest BCUT2D eigenvalue weighted by atomic mass is 32.2. The summed E-state index contributed by atoms with van der Waals surface area (Å²) in [5.41, 5.74) is 8.66. The Balaban J connectivity index is 1.51. The number of aryl methyl sites for hydroxylation is 1. The van der Waals surface area contributed by atoms with Crippen molar-refractivity contribution in [2.45, 2.75) is 39.3 Å². The highest BCUT2D eigenvalue weighted by Gasteiger charge is 2.22. The summed E-state index contributed by atoms with van der Waals surface area (Å²) in [7, 11) is 1.66. The standard InChI is InChI=1S/C21H26N4O2S/c1-14-11-17(15(2)25(14)12-16-7-6-10-27-16)19-13-28-21(24-23-19)22-18-8-4-5-9-20(18)26-3/h4-5,8-9,11,16H,6-7,10,12-13H2,1-3H3,(H,22,24)/t16-/m0/s1. The molecule has 0 bridgehead atoms. The summed E-state index contributed by atoms with van der Waals surface area (Å²) in [5, 5.41) is 5.39. The first-order valence-corrected chi connectivity index (χ1v) is 10.6. The Labute approximate surface area is 170 Å². The van der Waals surface area contributed by atoms with E-state index in [1.54, 1.807) is 18.9 Å². The van der Waals surface area contributed by atoms with Crippen molar-refractivity contribution in [2.75, 3.05) is 19.5 Å². The van der Waals surface area contributed by atoms with E-state index in [1.807, 2.05) is 24.3 Å². The quantitative estimate of drug-likeness (QED) is 0.826. The second kappa shape index (κ2) is 8.41. The number of hydrogen-bond donors (Lipinski definition) is 1. The molecule has 0 amide bonds. The Bertz CT molecular complexity index is 913. The zero-order valence-corrected chi connectivity index (χ0v) is 17.4. The number of benzene rings is 1. The number of methoxy groups -OCH3 is 1. The van der Waals surface area contributed by atoms with E-state index in [0.29, 0.717) is 6.10 Å². The fourth-order valence-corrected chi connectivity index (χ4v) is 4.48. The normalized spacial score (nSPS) is 20.9. The van der Waals surface area contributed by atoms with E-state index >= 15 is 0 Å². The molecule has 6 nitrogen and oxygen atoms in total. The van der Waals surface area contributed by atoms with Crippen molar-refractivity contribution in [3.05, 3.63) is 47.3 Å². The van der Waals surface area contributed by atoms with E-state index in [1.165, 1.54) is 23.4 Å². The van der Waals surface area contributed by atoms with Gasteiger partial charge in [0, 0.05) is 35.9 Å². The number of aromatic nitrogens is 1. The molecular weight excluding hydrogens is 372 g/mol. The molecule has 148 valence electrons. The molecule has 4 rings (SSSR count). The van der Waals surface area contributed by atoms with Gasteiger partial charge in [0.05, 0.1) is 18.9 Å². The third-order valence-corrected chi connectivity index (χ3v) is 6.11. The summed E-state index contributed by atoms with van der Waals surface area (Å²) in [4.78, 5) is 4.65. The molecule has 0 unspecified atom stereocenters. The van der Waals surface area contributed by atoms with Crippen LogP contribution >= 0.6 is 11.8 Å². The van der Waals surface area contributed by atoms with Crippen molar-refractivity contribution in [1.29, 1.82) is 0 Å². The topological polar surface area (TPSA) is 60.1 Å². The smallest absolute Gasteiger partial charge is 0.182 e. The highest BCUT2D eigenvalue weighted by molar-refractivity contribution is 8.14. The van der Waals surface area contributed by atoms with Gasteiger partial charge in [-0.1, -0.05) is 23.9 Å². The Morgan fingerprint density at radius 2 is 2.21 bits per heavy atom. The molecule has 2 aromatic rings. The molecule has 1 aromatic heterocycles. The lowest BCUT2D eigenvalue weighted by Crippen LogP contribution is -2.25. The summed E-state index contributed by atoms with van der Waals surface area (Å²) < 4.78 is 13.5. The summed E-state index contributed by atoms with van der Waals surface area (Å²) in [6.07, 6.45) is 2.64. The van der Waals surface area contributed by atoms with Crippen LogP contribution in [0.3, 0.4) is 0 Å². The lowest BCUT2D eigenvalue weighted by molar-refractivity contribution is 0.0962. The average Bonchev–Trinajstić information content (AvgIpc) is 3.33. The van der Waals surface area contributed by atoms with E-state index < -0.39 is 0 Å². The second-order valence-corrected chi connectivity index (χ2v) is 8.04. The van der Waals surface area contributed by atoms with Crippen LogP contribution in [0.25, 0.3) is 0 Å². The van der Waals surface area contributed by atoms with Gasteiger partial charge in [-0.3, -0.25) is 5.43 Å². The molecule has 1 atom stereocenters. The molecule has 2 aliphatic rings. The van der Waals surface area contributed by atoms with Gasteiger partial charge in [-0.2, -0.15) is 5.10 Å². The van der Waals surface area contributed by atoms with E-state index in [4.69, 9.17) is 9.47 Å². The van der Waals surface area contributed by atoms with Crippen LogP contribution in [0.5, 0.6) is 5.75 Å². The average molecular weight is 399 g/mol. The zero-order chi connectivity index (χ0) is 19.5. The number of rotatable bonds is 5. The van der Waals surface area contributed by atoms with Gasteiger partial charge in [0.25, 0.3) is 0 Å². The molecule has 2 aliphatic heterocycles. The SMILES string of the molecule is COc1ccccc1N=C1NN=C(c2cc(C)n(C[C@@H]3CCCO3)c2C)CS1. The Hall–Kier alpha value is -2.25. The maximum atomic E-state index is 5.82. The second-order valence-electron chi connectivity index (χ2n) is 7.08. The minimum atomic E-state index is 0.332. The van der Waals surface area contributed by atoms with Gasteiger partial charge in [0.1, 0.15) is 11.4 Å². The fraction of sp³-hybridized carbons (Fsp3) is 0.429. The number of ether oxygens (including phenoxy) is 2. The van der Waals surface area contributed by atoms with Crippen LogP contribution in [-0.2, 0) is 11.3 Å². The number of nitrogens with one attached hydrogen (secondary N) is 1. The third-order valence-electron chi connectivity index (χ3n) is 5.23. The summed E-state index contributed by atoms with van der Waals surface area (Å²) >= 11 is 1.66. The van der Waals surface area contributed by atoms with Crippen LogP contribution in [0.15, 0.2) is 40.4 Å². The molecule has 0 saturated carbocycles. The lowest BCUT2D eigenvalue weighted by atomic mass is 10.1. The van der Waals surface area contributed by atoms with Gasteiger partial charge >= 0.3 is 0 Å². The Morgan fingerprint density at radius 1 is 1.36 bits per heavy atom. The lowest BCUT2D eigenvalue weighted by Gasteiger charge is -2.17. The van der Waals surface area contributed by atoms with Crippen LogP contribution in [0.1, 0.15) is 29.8 Å². The number of nitrogens with zero attached hydrogens (tertiary/aromatic N) is 3. The maximum Gasteiger partial charge on any atom is 0.182 e. The number of amidine groups is 1. The Morgan fingerprint density at radius 3 is 2.93 bits per heavy atom. The molecule has 7 heteroatoms. The van der Waals surface area contributed by atoms with Gasteiger partial charge in [0.2, 0.25) is 0 Å². The largest absolute Gasteiger partial charge is 0.494 e. The number of para-hydroxylation sites is 2. The van der Waals surface area contributed by atoms with E-state index in [0.717, 1.165) is 47.6 Å². The molecule has 1 aromatic carbocycles. The van der Waals surface area contributed by atoms with E-state index in [-0.39, 0.29) is 0 Å². The van der Waals surface area contributed by atoms with Gasteiger partial charge in [-0.25, -0.2) is 4.99 Å². The minimum absolute atomic E-state index is 0.332. The predicted molar refractivity (Wildman–Crippen MR) is 115 cm³/mol. The van der Waals surface area contributed by atoms with Crippen LogP contribution in [0.2, 0.25) is 0 Å². The van der Waals surface area contributed by atoms with Crippen LogP contribution in [0.4, 0.5) is 5.69 Å². The van der Waals surface area contributed by atoms with Crippen molar-refractivity contribution in [3.63, 3.8) is 0 Å². The molecule has 0 radical (unpaired) electrons. The first kappa shape index (κ1) is 19.1. The number of hydrogen-bond acceptors (Lipinski definition) is 5. The van der Waals surface area contributed by atoms with Crippen LogP contribution in [0, 0.1) is 13.8 Å². The molecular formula is C21H26N4O2S. The molecule has 1 fully saturated rings. The molecule has 0 spiro atoms. The highest BCUT2D eigenvalue weighted by Crippen LogP contribution is 2.29. The number of aliphatic imine (C=N–C) groups is 1. The van der Waals surface area contributed by atoms with Crippen molar-refractivity contribution >= 4 is 28.3 Å². The predicted octanol–water partition coefficient (Wildman–Crippen LogP) is 4.02.